The Morgan fingerprint density at radius 3 is 2.27 bits per heavy atom. The SMILES string of the molecule is CCCCCCCCCCN1CC(=O)N2CCc3cc(OC)c(OC)cc3C2C1.Cl. The van der Waals surface area contributed by atoms with Gasteiger partial charge < -0.3 is 14.4 Å². The van der Waals surface area contributed by atoms with Gasteiger partial charge in [-0.1, -0.05) is 51.9 Å². The Labute approximate surface area is 188 Å². The summed E-state index contributed by atoms with van der Waals surface area (Å²) in [7, 11) is 3.35. The number of ether oxygens (including phenoxy) is 2. The predicted molar refractivity (Wildman–Crippen MR) is 124 cm³/mol. The summed E-state index contributed by atoms with van der Waals surface area (Å²) < 4.78 is 11.0. The van der Waals surface area contributed by atoms with Crippen LogP contribution in [0.5, 0.6) is 11.5 Å². The van der Waals surface area contributed by atoms with Gasteiger partial charge >= 0.3 is 0 Å². The van der Waals surface area contributed by atoms with Crippen LogP contribution in [0.15, 0.2) is 12.1 Å². The van der Waals surface area contributed by atoms with Crippen LogP contribution in [0.3, 0.4) is 0 Å². The van der Waals surface area contributed by atoms with Crippen molar-refractivity contribution in [3.63, 3.8) is 0 Å². The lowest BCUT2D eigenvalue weighted by Gasteiger charge is -2.44. The molecule has 1 unspecified atom stereocenters. The first kappa shape index (κ1) is 24.8. The molecule has 1 fully saturated rings. The van der Waals surface area contributed by atoms with Crippen LogP contribution < -0.4 is 9.47 Å². The normalized spacial score (nSPS) is 18.4. The van der Waals surface area contributed by atoms with Gasteiger partial charge in [0.2, 0.25) is 5.91 Å². The molecular formula is C24H39ClN2O3. The van der Waals surface area contributed by atoms with Crippen LogP contribution in [0.4, 0.5) is 0 Å². The Kier molecular flexibility index (Phi) is 10.3. The molecule has 0 spiro atoms. The van der Waals surface area contributed by atoms with E-state index in [1.807, 2.05) is 0 Å². The molecule has 1 saturated heterocycles. The summed E-state index contributed by atoms with van der Waals surface area (Å²) in [5.41, 5.74) is 2.51. The molecule has 2 aliphatic heterocycles. The van der Waals surface area contributed by atoms with E-state index in [2.05, 4.69) is 28.9 Å². The van der Waals surface area contributed by atoms with Crippen LogP contribution in [-0.2, 0) is 11.2 Å². The summed E-state index contributed by atoms with van der Waals surface area (Å²) in [5.74, 6) is 1.79. The van der Waals surface area contributed by atoms with E-state index >= 15 is 0 Å². The van der Waals surface area contributed by atoms with E-state index in [9.17, 15) is 4.79 Å². The highest BCUT2D eigenvalue weighted by molar-refractivity contribution is 5.85. The quantitative estimate of drug-likeness (QED) is 0.455. The lowest BCUT2D eigenvalue weighted by atomic mass is 9.90. The molecule has 1 atom stereocenters. The molecule has 2 heterocycles. The highest BCUT2D eigenvalue weighted by Crippen LogP contribution is 2.39. The molecule has 0 saturated carbocycles. The second kappa shape index (κ2) is 12.4. The highest BCUT2D eigenvalue weighted by Gasteiger charge is 2.37. The van der Waals surface area contributed by atoms with Crippen LogP contribution >= 0.6 is 12.4 Å². The highest BCUT2D eigenvalue weighted by atomic mass is 35.5. The zero-order valence-electron chi connectivity index (χ0n) is 19.0. The third-order valence-corrected chi connectivity index (χ3v) is 6.44. The number of carbonyl (C=O) groups is 1. The lowest BCUT2D eigenvalue weighted by Crippen LogP contribution is -2.54. The maximum absolute atomic E-state index is 12.8. The smallest absolute Gasteiger partial charge is 0.237 e. The molecule has 5 nitrogen and oxygen atoms in total. The van der Waals surface area contributed by atoms with Crippen molar-refractivity contribution in [1.82, 2.24) is 9.80 Å². The van der Waals surface area contributed by atoms with Crippen molar-refractivity contribution >= 4 is 18.3 Å². The van der Waals surface area contributed by atoms with Gasteiger partial charge in [-0.05, 0) is 42.6 Å². The molecular weight excluding hydrogens is 400 g/mol. The van der Waals surface area contributed by atoms with Gasteiger partial charge in [0.25, 0.3) is 0 Å². The van der Waals surface area contributed by atoms with E-state index in [-0.39, 0.29) is 24.4 Å². The molecule has 6 heteroatoms. The second-order valence-electron chi connectivity index (χ2n) is 8.47. The number of benzene rings is 1. The van der Waals surface area contributed by atoms with Gasteiger partial charge in [0, 0.05) is 13.1 Å². The van der Waals surface area contributed by atoms with Crippen molar-refractivity contribution in [3.05, 3.63) is 23.3 Å². The topological polar surface area (TPSA) is 42.0 Å². The summed E-state index contributed by atoms with van der Waals surface area (Å²) in [6.07, 6.45) is 11.4. The van der Waals surface area contributed by atoms with Crippen molar-refractivity contribution in [2.24, 2.45) is 0 Å². The zero-order chi connectivity index (χ0) is 20.6. The number of unbranched alkanes of at least 4 members (excludes halogenated alkanes) is 7. The zero-order valence-corrected chi connectivity index (χ0v) is 19.8. The van der Waals surface area contributed by atoms with Crippen LogP contribution in [0, 0.1) is 0 Å². The molecule has 2 aliphatic rings. The summed E-state index contributed by atoms with van der Waals surface area (Å²) in [5, 5.41) is 0. The minimum atomic E-state index is 0. The Balaban J connectivity index is 0.00000320. The minimum Gasteiger partial charge on any atom is -0.493 e. The van der Waals surface area contributed by atoms with Gasteiger partial charge in [-0.2, -0.15) is 0 Å². The molecule has 30 heavy (non-hydrogen) atoms. The molecule has 1 amide bonds. The van der Waals surface area contributed by atoms with E-state index in [1.54, 1.807) is 14.2 Å². The van der Waals surface area contributed by atoms with Gasteiger partial charge in [0.1, 0.15) is 0 Å². The molecule has 0 radical (unpaired) electrons. The largest absolute Gasteiger partial charge is 0.493 e. The number of carbonyl (C=O) groups excluding carboxylic acids is 1. The number of hydrogen-bond acceptors (Lipinski definition) is 4. The van der Waals surface area contributed by atoms with Gasteiger partial charge in [-0.25, -0.2) is 0 Å². The number of piperazine rings is 1. The van der Waals surface area contributed by atoms with E-state index in [0.717, 1.165) is 37.6 Å². The maximum Gasteiger partial charge on any atom is 0.237 e. The summed E-state index contributed by atoms with van der Waals surface area (Å²) in [4.78, 5) is 17.2. The fourth-order valence-corrected chi connectivity index (χ4v) is 4.75. The first-order valence-electron chi connectivity index (χ1n) is 11.4. The molecule has 0 bridgehead atoms. The molecule has 3 rings (SSSR count). The monoisotopic (exact) mass is 438 g/mol. The first-order valence-corrected chi connectivity index (χ1v) is 11.4. The summed E-state index contributed by atoms with van der Waals surface area (Å²) >= 11 is 0. The van der Waals surface area contributed by atoms with Crippen LogP contribution in [0.25, 0.3) is 0 Å². The Morgan fingerprint density at radius 2 is 1.60 bits per heavy atom. The number of nitrogens with zero attached hydrogens (tertiary/aromatic N) is 2. The Bertz CT molecular complexity index is 683. The van der Waals surface area contributed by atoms with Crippen molar-refractivity contribution in [2.45, 2.75) is 70.8 Å². The summed E-state index contributed by atoms with van der Waals surface area (Å²) in [6.45, 7) is 5.57. The molecule has 0 aliphatic carbocycles. The fraction of sp³-hybridized carbons (Fsp3) is 0.708. The first-order chi connectivity index (χ1) is 14.2. The average molecular weight is 439 g/mol. The molecule has 1 aromatic carbocycles. The van der Waals surface area contributed by atoms with Gasteiger partial charge in [0.05, 0.1) is 26.8 Å². The molecule has 0 N–H and O–H groups in total. The number of halogens is 1. The number of methoxy groups -OCH3 is 2. The number of rotatable bonds is 11. The van der Waals surface area contributed by atoms with Gasteiger partial charge in [-0.3, -0.25) is 9.69 Å². The number of amides is 1. The Morgan fingerprint density at radius 1 is 0.967 bits per heavy atom. The van der Waals surface area contributed by atoms with Crippen molar-refractivity contribution in [2.75, 3.05) is 40.4 Å². The van der Waals surface area contributed by atoms with Gasteiger partial charge in [-0.15, -0.1) is 12.4 Å². The number of hydrogen-bond donors (Lipinski definition) is 0. The van der Waals surface area contributed by atoms with Crippen molar-refractivity contribution in [1.29, 1.82) is 0 Å². The van der Waals surface area contributed by atoms with E-state index in [1.165, 1.54) is 62.5 Å². The summed E-state index contributed by atoms with van der Waals surface area (Å²) in [6, 6.07) is 4.31. The van der Waals surface area contributed by atoms with E-state index in [0.29, 0.717) is 6.54 Å². The van der Waals surface area contributed by atoms with Crippen LogP contribution in [-0.4, -0.2) is 56.1 Å². The van der Waals surface area contributed by atoms with Crippen LogP contribution in [0.2, 0.25) is 0 Å². The second-order valence-corrected chi connectivity index (χ2v) is 8.47. The van der Waals surface area contributed by atoms with Crippen LogP contribution in [0.1, 0.15) is 75.5 Å². The Hall–Kier alpha value is -1.46. The fourth-order valence-electron chi connectivity index (χ4n) is 4.75. The molecule has 170 valence electrons. The van der Waals surface area contributed by atoms with E-state index < -0.39 is 0 Å². The third-order valence-electron chi connectivity index (χ3n) is 6.44. The van der Waals surface area contributed by atoms with Crippen molar-refractivity contribution in [3.8, 4) is 11.5 Å². The minimum absolute atomic E-state index is 0. The molecule has 0 aromatic heterocycles. The maximum atomic E-state index is 12.8. The van der Waals surface area contributed by atoms with Crippen molar-refractivity contribution < 1.29 is 14.3 Å². The average Bonchev–Trinajstić information content (AvgIpc) is 2.74. The third kappa shape index (κ3) is 6.04. The van der Waals surface area contributed by atoms with Gasteiger partial charge in [0.15, 0.2) is 11.5 Å². The predicted octanol–water partition coefficient (Wildman–Crippen LogP) is 5.01. The number of fused-ring (bicyclic) bond motifs is 3. The molecule has 1 aromatic rings. The van der Waals surface area contributed by atoms with E-state index in [4.69, 9.17) is 9.47 Å². The lowest BCUT2D eigenvalue weighted by molar-refractivity contribution is -0.140. The standard InChI is InChI=1S/C24H38N2O3.ClH/c1-4-5-6-7-8-9-10-11-13-25-17-21-20-16-23(29-3)22(28-2)15-19(20)12-14-26(21)24(27)18-25;/h15-16,21H,4-14,17-18H2,1-3H3;1H.